The molecule has 0 amide bonds. The topological polar surface area (TPSA) is 21.7 Å². The maximum atomic E-state index is 5.82. The molecule has 1 fully saturated rings. The Labute approximate surface area is 109 Å². The minimum atomic E-state index is 0.715. The van der Waals surface area contributed by atoms with E-state index in [4.69, 9.17) is 9.47 Å². The van der Waals surface area contributed by atoms with Gasteiger partial charge in [0, 0.05) is 19.6 Å². The summed E-state index contributed by atoms with van der Waals surface area (Å²) in [5.41, 5.74) is 1.37. The highest BCUT2D eigenvalue weighted by molar-refractivity contribution is 5.34. The van der Waals surface area contributed by atoms with E-state index in [1.807, 2.05) is 0 Å². The molecule has 0 aliphatic carbocycles. The molecule has 0 N–H and O–H groups in total. The molecule has 1 unspecified atom stereocenters. The van der Waals surface area contributed by atoms with Gasteiger partial charge in [-0.3, -0.25) is 4.90 Å². The second-order valence-electron chi connectivity index (χ2n) is 5.23. The molecule has 3 nitrogen and oxygen atoms in total. The van der Waals surface area contributed by atoms with Crippen LogP contribution in [-0.4, -0.2) is 44.4 Å². The lowest BCUT2D eigenvalue weighted by atomic mass is 9.96. The molecule has 3 rings (SSSR count). The lowest BCUT2D eigenvalue weighted by Crippen LogP contribution is -2.39. The highest BCUT2D eigenvalue weighted by atomic mass is 16.5. The number of morpholine rings is 1. The van der Waals surface area contributed by atoms with Crippen molar-refractivity contribution in [2.45, 2.75) is 12.8 Å². The third-order valence-corrected chi connectivity index (χ3v) is 3.88. The van der Waals surface area contributed by atoms with Gasteiger partial charge in [0.25, 0.3) is 0 Å². The quantitative estimate of drug-likeness (QED) is 0.797. The van der Waals surface area contributed by atoms with E-state index in [0.29, 0.717) is 5.92 Å². The van der Waals surface area contributed by atoms with Crippen LogP contribution in [0.1, 0.15) is 12.0 Å². The van der Waals surface area contributed by atoms with E-state index in [1.165, 1.54) is 12.1 Å². The van der Waals surface area contributed by atoms with Crippen LogP contribution >= 0.6 is 0 Å². The van der Waals surface area contributed by atoms with Gasteiger partial charge in [0.05, 0.1) is 19.8 Å². The van der Waals surface area contributed by atoms with Gasteiger partial charge in [0.1, 0.15) is 5.75 Å². The third-order valence-electron chi connectivity index (χ3n) is 3.88. The first-order valence-electron chi connectivity index (χ1n) is 6.92. The average molecular weight is 247 g/mol. The van der Waals surface area contributed by atoms with Crippen LogP contribution in [0.3, 0.4) is 0 Å². The summed E-state index contributed by atoms with van der Waals surface area (Å²) < 4.78 is 11.2. The number of hydrogen-bond acceptors (Lipinski definition) is 3. The number of para-hydroxylation sites is 1. The van der Waals surface area contributed by atoms with Gasteiger partial charge in [-0.2, -0.15) is 0 Å². The predicted octanol–water partition coefficient (Wildman–Crippen LogP) is 1.96. The summed E-state index contributed by atoms with van der Waals surface area (Å²) in [5, 5.41) is 0. The van der Waals surface area contributed by atoms with Crippen LogP contribution in [0.15, 0.2) is 24.3 Å². The first kappa shape index (κ1) is 12.0. The van der Waals surface area contributed by atoms with Crippen molar-refractivity contribution in [2.24, 2.45) is 5.92 Å². The number of nitrogens with zero attached hydrogens (tertiary/aromatic N) is 1. The smallest absolute Gasteiger partial charge is 0.122 e. The van der Waals surface area contributed by atoms with Gasteiger partial charge in [-0.25, -0.2) is 0 Å². The summed E-state index contributed by atoms with van der Waals surface area (Å²) in [6, 6.07) is 8.46. The standard InChI is InChI=1S/C15H21NO2/c1-2-4-15-14(3-1)11-13(5-8-18-15)12-16-6-9-17-10-7-16/h1-4,13H,5-12H2. The Balaban J connectivity index is 1.63. The van der Waals surface area contributed by atoms with Gasteiger partial charge in [0.2, 0.25) is 0 Å². The molecule has 3 heteroatoms. The lowest BCUT2D eigenvalue weighted by molar-refractivity contribution is 0.0296. The largest absolute Gasteiger partial charge is 0.493 e. The predicted molar refractivity (Wildman–Crippen MR) is 71.0 cm³/mol. The first-order valence-corrected chi connectivity index (χ1v) is 6.92. The number of benzene rings is 1. The number of fused-ring (bicyclic) bond motifs is 1. The van der Waals surface area contributed by atoms with Crippen LogP contribution in [0.2, 0.25) is 0 Å². The van der Waals surface area contributed by atoms with Gasteiger partial charge in [0.15, 0.2) is 0 Å². The molecule has 1 atom stereocenters. The summed E-state index contributed by atoms with van der Waals surface area (Å²) in [7, 11) is 0. The van der Waals surface area contributed by atoms with Crippen molar-refractivity contribution in [3.05, 3.63) is 29.8 Å². The van der Waals surface area contributed by atoms with Crippen molar-refractivity contribution in [2.75, 3.05) is 39.5 Å². The van der Waals surface area contributed by atoms with E-state index in [2.05, 4.69) is 29.2 Å². The first-order chi connectivity index (χ1) is 8.92. The van der Waals surface area contributed by atoms with Crippen molar-refractivity contribution in [1.82, 2.24) is 4.90 Å². The van der Waals surface area contributed by atoms with E-state index < -0.39 is 0 Å². The molecule has 0 spiro atoms. The maximum absolute atomic E-state index is 5.82. The Morgan fingerprint density at radius 3 is 2.83 bits per heavy atom. The molecule has 1 aromatic carbocycles. The zero-order valence-electron chi connectivity index (χ0n) is 10.8. The highest BCUT2D eigenvalue weighted by Gasteiger charge is 2.21. The SMILES string of the molecule is c1ccc2c(c1)CC(CN1CCOCC1)CCO2. The Hall–Kier alpha value is -1.06. The zero-order valence-corrected chi connectivity index (χ0v) is 10.8. The number of rotatable bonds is 2. The van der Waals surface area contributed by atoms with Crippen LogP contribution in [0.4, 0.5) is 0 Å². The monoisotopic (exact) mass is 247 g/mol. The van der Waals surface area contributed by atoms with Crippen molar-refractivity contribution in [1.29, 1.82) is 0 Å². The van der Waals surface area contributed by atoms with Crippen molar-refractivity contribution in [3.63, 3.8) is 0 Å². The van der Waals surface area contributed by atoms with Gasteiger partial charge < -0.3 is 9.47 Å². The number of hydrogen-bond donors (Lipinski definition) is 0. The molecule has 1 saturated heterocycles. The van der Waals surface area contributed by atoms with E-state index in [0.717, 1.165) is 51.5 Å². The molecule has 2 aliphatic heterocycles. The van der Waals surface area contributed by atoms with E-state index >= 15 is 0 Å². The van der Waals surface area contributed by atoms with E-state index in [1.54, 1.807) is 0 Å². The summed E-state index contributed by atoms with van der Waals surface area (Å²) in [6.07, 6.45) is 2.31. The van der Waals surface area contributed by atoms with Gasteiger partial charge in [-0.05, 0) is 30.4 Å². The average Bonchev–Trinajstić information content (AvgIpc) is 2.61. The molecule has 0 radical (unpaired) electrons. The molecule has 18 heavy (non-hydrogen) atoms. The van der Waals surface area contributed by atoms with Crippen molar-refractivity contribution < 1.29 is 9.47 Å². The minimum absolute atomic E-state index is 0.715. The molecule has 98 valence electrons. The Morgan fingerprint density at radius 1 is 1.11 bits per heavy atom. The summed E-state index contributed by atoms with van der Waals surface area (Å²) in [4.78, 5) is 2.53. The van der Waals surface area contributed by atoms with Crippen LogP contribution in [0, 0.1) is 5.92 Å². The Morgan fingerprint density at radius 2 is 1.94 bits per heavy atom. The second-order valence-corrected chi connectivity index (χ2v) is 5.23. The molecular formula is C15H21NO2. The molecule has 0 aromatic heterocycles. The third kappa shape index (κ3) is 2.85. The van der Waals surface area contributed by atoms with Crippen LogP contribution < -0.4 is 4.74 Å². The fourth-order valence-electron chi connectivity index (χ4n) is 2.87. The number of ether oxygens (including phenoxy) is 2. The fraction of sp³-hybridized carbons (Fsp3) is 0.600. The molecule has 0 saturated carbocycles. The van der Waals surface area contributed by atoms with E-state index in [-0.39, 0.29) is 0 Å². The van der Waals surface area contributed by atoms with Crippen molar-refractivity contribution >= 4 is 0 Å². The molecular weight excluding hydrogens is 226 g/mol. The summed E-state index contributed by atoms with van der Waals surface area (Å²) in [6.45, 7) is 5.98. The molecule has 1 aromatic rings. The van der Waals surface area contributed by atoms with Gasteiger partial charge >= 0.3 is 0 Å². The van der Waals surface area contributed by atoms with Gasteiger partial charge in [-0.15, -0.1) is 0 Å². The lowest BCUT2D eigenvalue weighted by Gasteiger charge is -2.29. The van der Waals surface area contributed by atoms with Crippen LogP contribution in [0.5, 0.6) is 5.75 Å². The summed E-state index contributed by atoms with van der Waals surface area (Å²) >= 11 is 0. The van der Waals surface area contributed by atoms with Crippen LogP contribution in [-0.2, 0) is 11.2 Å². The normalized spacial score (nSPS) is 25.0. The van der Waals surface area contributed by atoms with E-state index in [9.17, 15) is 0 Å². The molecule has 0 bridgehead atoms. The fourth-order valence-corrected chi connectivity index (χ4v) is 2.87. The van der Waals surface area contributed by atoms with Gasteiger partial charge in [-0.1, -0.05) is 18.2 Å². The maximum Gasteiger partial charge on any atom is 0.122 e. The van der Waals surface area contributed by atoms with Crippen molar-refractivity contribution in [3.8, 4) is 5.75 Å². The minimum Gasteiger partial charge on any atom is -0.493 e. The zero-order chi connectivity index (χ0) is 12.2. The highest BCUT2D eigenvalue weighted by Crippen LogP contribution is 2.27. The van der Waals surface area contributed by atoms with Crippen LogP contribution in [0.25, 0.3) is 0 Å². The Bertz CT molecular complexity index is 388. The molecule has 2 heterocycles. The summed E-state index contributed by atoms with van der Waals surface area (Å²) in [5.74, 6) is 1.80. The second kappa shape index (κ2) is 5.72. The Kier molecular flexibility index (Phi) is 3.81. The molecule has 2 aliphatic rings.